The highest BCUT2D eigenvalue weighted by Crippen LogP contribution is 2.25. The molecule has 0 saturated heterocycles. The van der Waals surface area contributed by atoms with Gasteiger partial charge in [0.2, 0.25) is 0 Å². The number of nitrogens with zero attached hydrogens (tertiary/aromatic N) is 2. The number of aromatic nitrogens is 2. The molecule has 0 radical (unpaired) electrons. The molecule has 0 saturated carbocycles. The monoisotopic (exact) mass is 462 g/mol. The van der Waals surface area contributed by atoms with Crippen molar-refractivity contribution in [3.63, 3.8) is 0 Å². The number of benzene rings is 2. The second kappa shape index (κ2) is 10.1. The molecule has 148 valence electrons. The lowest BCUT2D eigenvalue weighted by Crippen LogP contribution is -2.24. The minimum absolute atomic E-state index is 0.0176. The summed E-state index contributed by atoms with van der Waals surface area (Å²) >= 11 is 5.00. The van der Waals surface area contributed by atoms with Gasteiger partial charge in [-0.25, -0.2) is 4.98 Å². The van der Waals surface area contributed by atoms with Crippen LogP contribution in [-0.2, 0) is 17.0 Å². The van der Waals surface area contributed by atoms with Crippen molar-refractivity contribution in [1.82, 2.24) is 9.55 Å². The minimum atomic E-state index is -0.0176. The van der Waals surface area contributed by atoms with Crippen LogP contribution in [0.2, 0.25) is 0 Å². The molecular formula is C21H23BrN2O3S. The first-order valence-electron chi connectivity index (χ1n) is 9.16. The summed E-state index contributed by atoms with van der Waals surface area (Å²) in [7, 11) is 1.66. The van der Waals surface area contributed by atoms with Gasteiger partial charge in [-0.3, -0.25) is 9.36 Å². The smallest absolute Gasteiger partial charge is 0.262 e. The van der Waals surface area contributed by atoms with Gasteiger partial charge >= 0.3 is 0 Å². The lowest BCUT2D eigenvalue weighted by Gasteiger charge is -2.13. The second-order valence-corrected chi connectivity index (χ2v) is 8.06. The lowest BCUT2D eigenvalue weighted by atomic mass is 10.2. The molecule has 7 heteroatoms. The Labute approximate surface area is 177 Å². The van der Waals surface area contributed by atoms with Crippen molar-refractivity contribution >= 4 is 38.6 Å². The molecule has 0 spiro atoms. The van der Waals surface area contributed by atoms with E-state index in [9.17, 15) is 4.79 Å². The molecule has 0 atom stereocenters. The SMILES string of the molecule is CCOCCCn1c(SCc2cccc(OC)c2)nc2ccc(Br)cc2c1=O. The zero-order valence-electron chi connectivity index (χ0n) is 16.0. The Balaban J connectivity index is 1.91. The molecule has 0 aliphatic carbocycles. The number of hydrogen-bond donors (Lipinski definition) is 0. The van der Waals surface area contributed by atoms with Crippen LogP contribution in [-0.4, -0.2) is 29.9 Å². The summed E-state index contributed by atoms with van der Waals surface area (Å²) in [5, 5.41) is 1.34. The Morgan fingerprint density at radius 1 is 1.21 bits per heavy atom. The molecule has 0 bridgehead atoms. The third kappa shape index (κ3) is 5.16. The largest absolute Gasteiger partial charge is 0.497 e. The molecule has 3 rings (SSSR count). The quantitative estimate of drug-likeness (QED) is 0.257. The van der Waals surface area contributed by atoms with Crippen LogP contribution in [0.1, 0.15) is 18.9 Å². The van der Waals surface area contributed by atoms with Crippen molar-refractivity contribution in [2.24, 2.45) is 0 Å². The van der Waals surface area contributed by atoms with Crippen LogP contribution in [0.25, 0.3) is 10.9 Å². The number of thioether (sulfide) groups is 1. The van der Waals surface area contributed by atoms with Crippen LogP contribution in [0.5, 0.6) is 5.75 Å². The molecule has 0 aliphatic heterocycles. The van der Waals surface area contributed by atoms with Crippen molar-refractivity contribution in [2.75, 3.05) is 20.3 Å². The van der Waals surface area contributed by atoms with Gasteiger partial charge in [-0.15, -0.1) is 0 Å². The van der Waals surface area contributed by atoms with Gasteiger partial charge in [-0.2, -0.15) is 0 Å². The van der Waals surface area contributed by atoms with Gasteiger partial charge < -0.3 is 9.47 Å². The van der Waals surface area contributed by atoms with E-state index >= 15 is 0 Å². The van der Waals surface area contributed by atoms with Crippen LogP contribution in [0.4, 0.5) is 0 Å². The maximum Gasteiger partial charge on any atom is 0.262 e. The standard InChI is InChI=1S/C21H23BrN2O3S/c1-3-27-11-5-10-24-20(25)18-13-16(22)8-9-19(18)23-21(24)28-14-15-6-4-7-17(12-15)26-2/h4,6-9,12-13H,3,5,10-11,14H2,1-2H3. The highest BCUT2D eigenvalue weighted by atomic mass is 79.9. The summed E-state index contributed by atoms with van der Waals surface area (Å²) in [5.74, 6) is 1.53. The Morgan fingerprint density at radius 2 is 2.07 bits per heavy atom. The molecular weight excluding hydrogens is 440 g/mol. The zero-order valence-corrected chi connectivity index (χ0v) is 18.4. The average Bonchev–Trinajstić information content (AvgIpc) is 2.71. The van der Waals surface area contributed by atoms with Crippen molar-refractivity contribution in [1.29, 1.82) is 0 Å². The summed E-state index contributed by atoms with van der Waals surface area (Å²) in [6.07, 6.45) is 0.766. The molecule has 2 aromatic carbocycles. The fraction of sp³-hybridized carbons (Fsp3) is 0.333. The summed E-state index contributed by atoms with van der Waals surface area (Å²) in [6.45, 7) is 3.85. The van der Waals surface area contributed by atoms with E-state index in [0.717, 1.165) is 27.4 Å². The number of ether oxygens (including phenoxy) is 2. The first-order chi connectivity index (χ1) is 13.6. The molecule has 28 heavy (non-hydrogen) atoms. The Bertz CT molecular complexity index is 1010. The molecule has 1 heterocycles. The van der Waals surface area contributed by atoms with E-state index in [-0.39, 0.29) is 5.56 Å². The summed E-state index contributed by atoms with van der Waals surface area (Å²) in [4.78, 5) is 17.9. The van der Waals surface area contributed by atoms with E-state index in [0.29, 0.717) is 36.4 Å². The topological polar surface area (TPSA) is 53.4 Å². The second-order valence-electron chi connectivity index (χ2n) is 6.20. The van der Waals surface area contributed by atoms with Crippen LogP contribution in [0, 0.1) is 0 Å². The number of halogens is 1. The normalized spacial score (nSPS) is 11.1. The van der Waals surface area contributed by atoms with Crippen LogP contribution in [0.15, 0.2) is 56.9 Å². The fourth-order valence-corrected chi connectivity index (χ4v) is 4.19. The third-order valence-electron chi connectivity index (χ3n) is 4.26. The molecule has 0 fully saturated rings. The van der Waals surface area contributed by atoms with E-state index in [4.69, 9.17) is 14.5 Å². The Hall–Kier alpha value is -1.83. The highest BCUT2D eigenvalue weighted by molar-refractivity contribution is 9.10. The van der Waals surface area contributed by atoms with Gasteiger partial charge in [0.25, 0.3) is 5.56 Å². The van der Waals surface area contributed by atoms with Gasteiger partial charge in [0, 0.05) is 30.0 Å². The summed E-state index contributed by atoms with van der Waals surface area (Å²) < 4.78 is 13.4. The van der Waals surface area contributed by atoms with E-state index in [1.165, 1.54) is 0 Å². The Kier molecular flexibility index (Phi) is 7.53. The third-order valence-corrected chi connectivity index (χ3v) is 5.80. The van der Waals surface area contributed by atoms with Crippen LogP contribution in [0.3, 0.4) is 0 Å². The summed E-state index contributed by atoms with van der Waals surface area (Å²) in [6, 6.07) is 13.6. The van der Waals surface area contributed by atoms with E-state index in [2.05, 4.69) is 15.9 Å². The van der Waals surface area contributed by atoms with E-state index in [1.807, 2.05) is 49.4 Å². The maximum atomic E-state index is 13.1. The summed E-state index contributed by atoms with van der Waals surface area (Å²) in [5.41, 5.74) is 1.81. The van der Waals surface area contributed by atoms with Gasteiger partial charge in [0.05, 0.1) is 18.0 Å². The number of fused-ring (bicyclic) bond motifs is 1. The molecule has 1 aromatic heterocycles. The Morgan fingerprint density at radius 3 is 2.86 bits per heavy atom. The van der Waals surface area contributed by atoms with Crippen molar-refractivity contribution < 1.29 is 9.47 Å². The van der Waals surface area contributed by atoms with Crippen LogP contribution >= 0.6 is 27.7 Å². The number of rotatable bonds is 9. The highest BCUT2D eigenvalue weighted by Gasteiger charge is 2.12. The van der Waals surface area contributed by atoms with Gasteiger partial charge in [-0.1, -0.05) is 39.8 Å². The van der Waals surface area contributed by atoms with E-state index < -0.39 is 0 Å². The molecule has 3 aromatic rings. The first kappa shape index (κ1) is 20.9. The van der Waals surface area contributed by atoms with Crippen molar-refractivity contribution in [3.8, 4) is 5.75 Å². The maximum absolute atomic E-state index is 13.1. The predicted molar refractivity (Wildman–Crippen MR) is 117 cm³/mol. The molecule has 5 nitrogen and oxygen atoms in total. The first-order valence-corrected chi connectivity index (χ1v) is 10.9. The van der Waals surface area contributed by atoms with Gasteiger partial charge in [0.1, 0.15) is 5.75 Å². The molecule has 0 unspecified atom stereocenters. The average molecular weight is 463 g/mol. The zero-order chi connectivity index (χ0) is 19.9. The van der Waals surface area contributed by atoms with Gasteiger partial charge in [-0.05, 0) is 49.2 Å². The molecule has 0 amide bonds. The predicted octanol–water partition coefficient (Wildman–Crippen LogP) is 4.89. The lowest BCUT2D eigenvalue weighted by molar-refractivity contribution is 0.140. The van der Waals surface area contributed by atoms with Gasteiger partial charge in [0.15, 0.2) is 5.16 Å². The molecule has 0 N–H and O–H groups in total. The van der Waals surface area contributed by atoms with Crippen molar-refractivity contribution in [2.45, 2.75) is 30.8 Å². The van der Waals surface area contributed by atoms with Crippen LogP contribution < -0.4 is 10.3 Å². The van der Waals surface area contributed by atoms with Crippen molar-refractivity contribution in [3.05, 3.63) is 62.9 Å². The number of hydrogen-bond acceptors (Lipinski definition) is 5. The number of methoxy groups -OCH3 is 1. The molecule has 0 aliphatic rings. The van der Waals surface area contributed by atoms with E-state index in [1.54, 1.807) is 23.4 Å². The minimum Gasteiger partial charge on any atom is -0.497 e. The fourth-order valence-electron chi connectivity index (χ4n) is 2.86.